The molecule has 20 heavy (non-hydrogen) atoms. The predicted molar refractivity (Wildman–Crippen MR) is 69.6 cm³/mol. The third kappa shape index (κ3) is 2.07. The van der Waals surface area contributed by atoms with Crippen molar-refractivity contribution in [2.45, 2.75) is 13.1 Å². The molecule has 8 nitrogen and oxygen atoms in total. The van der Waals surface area contributed by atoms with Crippen molar-refractivity contribution in [3.8, 4) is 0 Å². The van der Waals surface area contributed by atoms with Crippen LogP contribution in [0.5, 0.6) is 0 Å². The Kier molecular flexibility index (Phi) is 2.82. The van der Waals surface area contributed by atoms with Gasteiger partial charge in [0.05, 0.1) is 18.8 Å². The summed E-state index contributed by atoms with van der Waals surface area (Å²) in [5.41, 5.74) is 7.29. The third-order valence-electron chi connectivity index (χ3n) is 3.14. The first kappa shape index (κ1) is 12.2. The van der Waals surface area contributed by atoms with Gasteiger partial charge in [-0.25, -0.2) is 4.79 Å². The molecule has 3 amide bonds. The van der Waals surface area contributed by atoms with E-state index in [-0.39, 0.29) is 5.91 Å². The van der Waals surface area contributed by atoms with Gasteiger partial charge in [-0.15, -0.1) is 0 Å². The summed E-state index contributed by atoms with van der Waals surface area (Å²) >= 11 is 0. The first-order valence-corrected chi connectivity index (χ1v) is 5.97. The number of primary amides is 1. The van der Waals surface area contributed by atoms with E-state index in [1.165, 1.54) is 4.90 Å². The molecule has 0 atom stereocenters. The molecule has 102 valence electrons. The number of rotatable bonds is 2. The number of fused-ring (bicyclic) bond motifs is 1. The number of aromatic amines is 1. The highest BCUT2D eigenvalue weighted by molar-refractivity contribution is 6.04. The second kappa shape index (κ2) is 4.65. The van der Waals surface area contributed by atoms with E-state index >= 15 is 0 Å². The normalized spacial score (nSPS) is 13.1. The van der Waals surface area contributed by atoms with E-state index in [0.29, 0.717) is 24.5 Å². The molecule has 2 aromatic rings. The highest BCUT2D eigenvalue weighted by atomic mass is 16.2. The van der Waals surface area contributed by atoms with Gasteiger partial charge in [0, 0.05) is 23.5 Å². The fourth-order valence-electron chi connectivity index (χ4n) is 2.08. The van der Waals surface area contributed by atoms with Crippen LogP contribution in [0, 0.1) is 0 Å². The van der Waals surface area contributed by atoms with Gasteiger partial charge in [-0.1, -0.05) is 0 Å². The lowest BCUT2D eigenvalue weighted by Crippen LogP contribution is -2.31. The summed E-state index contributed by atoms with van der Waals surface area (Å²) in [6, 6.07) is 2.72. The van der Waals surface area contributed by atoms with E-state index in [9.17, 15) is 9.59 Å². The molecule has 1 aliphatic rings. The number of carbonyl (C=O) groups is 2. The standard InChI is InChI=1S/C12H12N6O2/c13-12(20)18-5-8-9(6-18)16-17-10(8)15-11(19)7-1-3-14-4-2-7/h1-4H,5-6H2,(H2,13,20)(H2,15,16,17,19). The van der Waals surface area contributed by atoms with E-state index in [0.717, 1.165) is 11.3 Å². The number of hydrogen-bond acceptors (Lipinski definition) is 4. The molecule has 0 radical (unpaired) electrons. The molecule has 8 heteroatoms. The minimum Gasteiger partial charge on any atom is -0.351 e. The van der Waals surface area contributed by atoms with Crippen LogP contribution >= 0.6 is 0 Å². The lowest BCUT2D eigenvalue weighted by molar-refractivity contribution is 0.102. The number of H-pyrrole nitrogens is 1. The van der Waals surface area contributed by atoms with Crippen LogP contribution in [0.25, 0.3) is 0 Å². The number of urea groups is 1. The maximum absolute atomic E-state index is 12.0. The van der Waals surface area contributed by atoms with Crippen molar-refractivity contribution >= 4 is 17.8 Å². The van der Waals surface area contributed by atoms with Crippen LogP contribution in [0.15, 0.2) is 24.5 Å². The fraction of sp³-hybridized carbons (Fsp3) is 0.167. The van der Waals surface area contributed by atoms with Gasteiger partial charge in [-0.3, -0.25) is 14.9 Å². The first-order chi connectivity index (χ1) is 9.65. The Morgan fingerprint density at radius 3 is 2.75 bits per heavy atom. The SMILES string of the molecule is NC(=O)N1Cc2[nH]nc(NC(=O)c3ccncc3)c2C1. The maximum atomic E-state index is 12.0. The Hall–Kier alpha value is -2.90. The molecule has 0 aromatic carbocycles. The number of nitrogens with zero attached hydrogens (tertiary/aromatic N) is 3. The number of nitrogens with one attached hydrogen (secondary N) is 2. The number of aromatic nitrogens is 3. The molecular weight excluding hydrogens is 260 g/mol. The summed E-state index contributed by atoms with van der Waals surface area (Å²) in [5, 5.41) is 9.56. The van der Waals surface area contributed by atoms with E-state index in [4.69, 9.17) is 5.73 Å². The molecule has 0 saturated heterocycles. The van der Waals surface area contributed by atoms with E-state index < -0.39 is 6.03 Å². The maximum Gasteiger partial charge on any atom is 0.315 e. The average molecular weight is 272 g/mol. The topological polar surface area (TPSA) is 117 Å². The zero-order chi connectivity index (χ0) is 14.1. The minimum atomic E-state index is -0.499. The Bertz CT molecular complexity index is 666. The van der Waals surface area contributed by atoms with E-state index in [2.05, 4.69) is 20.5 Å². The smallest absolute Gasteiger partial charge is 0.315 e. The van der Waals surface area contributed by atoms with Gasteiger partial charge in [0.25, 0.3) is 5.91 Å². The van der Waals surface area contributed by atoms with Crippen molar-refractivity contribution in [3.05, 3.63) is 41.3 Å². The van der Waals surface area contributed by atoms with E-state index in [1.54, 1.807) is 24.5 Å². The Labute approximate surface area is 114 Å². The predicted octanol–water partition coefficient (Wildman–Crippen LogP) is 0.451. The summed E-state index contributed by atoms with van der Waals surface area (Å²) in [7, 11) is 0. The largest absolute Gasteiger partial charge is 0.351 e. The summed E-state index contributed by atoms with van der Waals surface area (Å²) in [6.07, 6.45) is 3.08. The van der Waals surface area contributed by atoms with Gasteiger partial charge in [-0.2, -0.15) is 5.10 Å². The number of amides is 3. The van der Waals surface area contributed by atoms with Gasteiger partial charge in [0.15, 0.2) is 5.82 Å². The van der Waals surface area contributed by atoms with Crippen LogP contribution in [0.2, 0.25) is 0 Å². The highest BCUT2D eigenvalue weighted by Crippen LogP contribution is 2.26. The molecular formula is C12H12N6O2. The third-order valence-corrected chi connectivity index (χ3v) is 3.14. The van der Waals surface area contributed by atoms with Gasteiger partial charge in [-0.05, 0) is 12.1 Å². The molecule has 0 spiro atoms. The molecule has 1 aliphatic heterocycles. The van der Waals surface area contributed by atoms with Crippen molar-refractivity contribution in [1.82, 2.24) is 20.1 Å². The quantitative estimate of drug-likeness (QED) is 0.735. The Balaban J connectivity index is 1.78. The van der Waals surface area contributed by atoms with Gasteiger partial charge in [0.2, 0.25) is 0 Å². The summed E-state index contributed by atoms with van der Waals surface area (Å²) in [4.78, 5) is 28.5. The Morgan fingerprint density at radius 2 is 2.05 bits per heavy atom. The van der Waals surface area contributed by atoms with Gasteiger partial charge < -0.3 is 16.0 Å². The van der Waals surface area contributed by atoms with Crippen LogP contribution in [0.3, 0.4) is 0 Å². The lowest BCUT2D eigenvalue weighted by Gasteiger charge is -2.11. The van der Waals surface area contributed by atoms with Crippen molar-refractivity contribution in [2.24, 2.45) is 5.73 Å². The molecule has 0 unspecified atom stereocenters. The van der Waals surface area contributed by atoms with Crippen molar-refractivity contribution < 1.29 is 9.59 Å². The number of carbonyl (C=O) groups excluding carboxylic acids is 2. The molecule has 0 aliphatic carbocycles. The highest BCUT2D eigenvalue weighted by Gasteiger charge is 2.27. The van der Waals surface area contributed by atoms with Gasteiger partial charge >= 0.3 is 6.03 Å². The first-order valence-electron chi connectivity index (χ1n) is 5.97. The number of nitrogens with two attached hydrogens (primary N) is 1. The second-order valence-electron chi connectivity index (χ2n) is 4.41. The van der Waals surface area contributed by atoms with Crippen LogP contribution in [0.1, 0.15) is 21.6 Å². The van der Waals surface area contributed by atoms with Crippen molar-refractivity contribution in [1.29, 1.82) is 0 Å². The number of pyridine rings is 1. The number of hydrogen-bond donors (Lipinski definition) is 3. The van der Waals surface area contributed by atoms with Crippen LogP contribution in [-0.4, -0.2) is 32.0 Å². The van der Waals surface area contributed by atoms with Gasteiger partial charge in [0.1, 0.15) is 0 Å². The van der Waals surface area contributed by atoms with E-state index in [1.807, 2.05) is 0 Å². The van der Waals surface area contributed by atoms with Crippen LogP contribution in [-0.2, 0) is 13.1 Å². The monoisotopic (exact) mass is 272 g/mol. The second-order valence-corrected chi connectivity index (χ2v) is 4.41. The molecule has 0 saturated carbocycles. The van der Waals surface area contributed by atoms with Crippen LogP contribution in [0.4, 0.5) is 10.6 Å². The fourth-order valence-corrected chi connectivity index (χ4v) is 2.08. The average Bonchev–Trinajstić information content (AvgIpc) is 3.02. The summed E-state index contributed by atoms with van der Waals surface area (Å²) in [6.45, 7) is 0.718. The molecule has 3 heterocycles. The molecule has 4 N–H and O–H groups in total. The summed E-state index contributed by atoms with van der Waals surface area (Å²) in [5.74, 6) is 0.143. The minimum absolute atomic E-state index is 0.278. The molecule has 2 aromatic heterocycles. The Morgan fingerprint density at radius 1 is 1.30 bits per heavy atom. The zero-order valence-corrected chi connectivity index (χ0v) is 10.5. The van der Waals surface area contributed by atoms with Crippen molar-refractivity contribution in [3.63, 3.8) is 0 Å². The lowest BCUT2D eigenvalue weighted by atomic mass is 10.2. The zero-order valence-electron chi connectivity index (χ0n) is 10.5. The van der Waals surface area contributed by atoms with Crippen LogP contribution < -0.4 is 11.1 Å². The number of anilines is 1. The molecule has 0 bridgehead atoms. The molecule has 3 rings (SSSR count). The van der Waals surface area contributed by atoms with Crippen molar-refractivity contribution in [2.75, 3.05) is 5.32 Å². The summed E-state index contributed by atoms with van der Waals surface area (Å²) < 4.78 is 0. The molecule has 0 fully saturated rings.